The topological polar surface area (TPSA) is 50.4 Å². The lowest BCUT2D eigenvalue weighted by Crippen LogP contribution is -2.33. The molecular weight excluding hydrogens is 288 g/mol. The van der Waals surface area contributed by atoms with Crippen LogP contribution in [0.3, 0.4) is 0 Å². The van der Waals surface area contributed by atoms with Crippen molar-refractivity contribution < 1.29 is 9.53 Å². The Balaban J connectivity index is 1.98. The predicted molar refractivity (Wildman–Crippen MR) is 93.4 cm³/mol. The van der Waals surface area contributed by atoms with Crippen LogP contribution < -0.4 is 15.4 Å². The van der Waals surface area contributed by atoms with Gasteiger partial charge in [0.2, 0.25) is 5.91 Å². The summed E-state index contributed by atoms with van der Waals surface area (Å²) in [5.74, 6) is 0.879. The highest BCUT2D eigenvalue weighted by atomic mass is 16.5. The van der Waals surface area contributed by atoms with Crippen molar-refractivity contribution in [3.05, 3.63) is 54.1 Å². The van der Waals surface area contributed by atoms with E-state index in [0.29, 0.717) is 13.1 Å². The maximum atomic E-state index is 11.9. The van der Waals surface area contributed by atoms with Gasteiger partial charge >= 0.3 is 0 Å². The van der Waals surface area contributed by atoms with Crippen molar-refractivity contribution in [1.29, 1.82) is 0 Å². The quantitative estimate of drug-likeness (QED) is 0.826. The van der Waals surface area contributed by atoms with Crippen LogP contribution in [0, 0.1) is 5.92 Å². The Kier molecular flexibility index (Phi) is 6.18. The van der Waals surface area contributed by atoms with Crippen molar-refractivity contribution in [2.75, 3.05) is 20.7 Å². The number of hydrogen-bond donors (Lipinski definition) is 2. The maximum Gasteiger partial charge on any atom is 0.224 e. The molecule has 122 valence electrons. The first kappa shape index (κ1) is 17.0. The van der Waals surface area contributed by atoms with Crippen molar-refractivity contribution in [1.82, 2.24) is 10.6 Å². The van der Waals surface area contributed by atoms with Crippen LogP contribution in [0.15, 0.2) is 48.5 Å². The van der Waals surface area contributed by atoms with E-state index in [2.05, 4.69) is 28.8 Å². The van der Waals surface area contributed by atoms with Gasteiger partial charge in [0.1, 0.15) is 5.75 Å². The summed E-state index contributed by atoms with van der Waals surface area (Å²) in [6.45, 7) is 3.14. The van der Waals surface area contributed by atoms with E-state index in [-0.39, 0.29) is 11.8 Å². The van der Waals surface area contributed by atoms with E-state index in [9.17, 15) is 4.79 Å². The van der Waals surface area contributed by atoms with Crippen LogP contribution in [0.5, 0.6) is 5.75 Å². The van der Waals surface area contributed by atoms with Crippen LogP contribution >= 0.6 is 0 Å². The Bertz CT molecular complexity index is 638. The molecule has 4 nitrogen and oxygen atoms in total. The van der Waals surface area contributed by atoms with Gasteiger partial charge in [-0.15, -0.1) is 0 Å². The summed E-state index contributed by atoms with van der Waals surface area (Å²) in [5.41, 5.74) is 3.33. The molecule has 23 heavy (non-hydrogen) atoms. The minimum Gasteiger partial charge on any atom is -0.497 e. The SMILES string of the molecule is CNCC(C)C(=O)NCc1ccc(-c2cccc(OC)c2)cc1. The summed E-state index contributed by atoms with van der Waals surface area (Å²) in [7, 11) is 3.51. The summed E-state index contributed by atoms with van der Waals surface area (Å²) < 4.78 is 5.25. The zero-order chi connectivity index (χ0) is 16.7. The van der Waals surface area contributed by atoms with Crippen LogP contribution in [0.1, 0.15) is 12.5 Å². The van der Waals surface area contributed by atoms with Crippen LogP contribution in [-0.2, 0) is 11.3 Å². The largest absolute Gasteiger partial charge is 0.497 e. The molecule has 0 spiro atoms. The normalized spacial score (nSPS) is 11.8. The first-order valence-corrected chi connectivity index (χ1v) is 7.79. The molecular formula is C19H24N2O2. The molecule has 0 fully saturated rings. The molecule has 0 aliphatic carbocycles. The predicted octanol–water partition coefficient (Wildman–Crippen LogP) is 2.83. The Hall–Kier alpha value is -2.33. The third-order valence-electron chi connectivity index (χ3n) is 3.78. The molecule has 4 heteroatoms. The van der Waals surface area contributed by atoms with Gasteiger partial charge in [-0.3, -0.25) is 4.79 Å². The first-order chi connectivity index (χ1) is 11.1. The summed E-state index contributed by atoms with van der Waals surface area (Å²) >= 11 is 0. The second-order valence-electron chi connectivity index (χ2n) is 5.61. The van der Waals surface area contributed by atoms with Crippen LogP contribution in [0.2, 0.25) is 0 Å². The van der Waals surface area contributed by atoms with Crippen molar-refractivity contribution in [3.8, 4) is 16.9 Å². The lowest BCUT2D eigenvalue weighted by Gasteiger charge is -2.12. The minimum atomic E-state index is -0.0314. The Morgan fingerprint density at radius 2 is 1.87 bits per heavy atom. The molecule has 2 rings (SSSR count). The Morgan fingerprint density at radius 1 is 1.13 bits per heavy atom. The van der Waals surface area contributed by atoms with E-state index in [1.165, 1.54) is 0 Å². The second kappa shape index (κ2) is 8.34. The van der Waals surface area contributed by atoms with Gasteiger partial charge in [-0.2, -0.15) is 0 Å². The van der Waals surface area contributed by atoms with Gasteiger partial charge in [-0.25, -0.2) is 0 Å². The average molecular weight is 312 g/mol. The molecule has 1 atom stereocenters. The fraction of sp³-hybridized carbons (Fsp3) is 0.316. The fourth-order valence-electron chi connectivity index (χ4n) is 2.38. The molecule has 0 aromatic heterocycles. The van der Waals surface area contributed by atoms with Crippen molar-refractivity contribution in [2.45, 2.75) is 13.5 Å². The van der Waals surface area contributed by atoms with E-state index in [1.807, 2.05) is 44.3 Å². The van der Waals surface area contributed by atoms with Gasteiger partial charge in [0, 0.05) is 19.0 Å². The summed E-state index contributed by atoms with van der Waals surface area (Å²) in [6, 6.07) is 16.2. The highest BCUT2D eigenvalue weighted by molar-refractivity contribution is 5.78. The summed E-state index contributed by atoms with van der Waals surface area (Å²) in [6.07, 6.45) is 0. The number of ether oxygens (including phenoxy) is 1. The standard InChI is InChI=1S/C19H24N2O2/c1-14(12-20-2)19(22)21-13-15-7-9-16(10-8-15)17-5-4-6-18(11-17)23-3/h4-11,14,20H,12-13H2,1-3H3,(H,21,22). The Labute approximate surface area is 137 Å². The number of rotatable bonds is 7. The van der Waals surface area contributed by atoms with E-state index < -0.39 is 0 Å². The highest BCUT2D eigenvalue weighted by Gasteiger charge is 2.10. The molecule has 0 radical (unpaired) electrons. The average Bonchev–Trinajstić information content (AvgIpc) is 2.60. The summed E-state index contributed by atoms with van der Waals surface area (Å²) in [4.78, 5) is 11.9. The molecule has 2 aromatic carbocycles. The van der Waals surface area contributed by atoms with Gasteiger partial charge in [-0.1, -0.05) is 43.3 Å². The number of methoxy groups -OCH3 is 1. The number of hydrogen-bond acceptors (Lipinski definition) is 3. The second-order valence-corrected chi connectivity index (χ2v) is 5.61. The number of carbonyl (C=O) groups excluding carboxylic acids is 1. The zero-order valence-electron chi connectivity index (χ0n) is 13.9. The van der Waals surface area contributed by atoms with E-state index in [0.717, 1.165) is 22.4 Å². The van der Waals surface area contributed by atoms with Crippen molar-refractivity contribution in [3.63, 3.8) is 0 Å². The molecule has 2 aromatic rings. The molecule has 1 amide bonds. The Morgan fingerprint density at radius 3 is 2.52 bits per heavy atom. The van der Waals surface area contributed by atoms with Crippen LogP contribution in [0.4, 0.5) is 0 Å². The molecule has 0 saturated carbocycles. The van der Waals surface area contributed by atoms with Gasteiger partial charge in [0.15, 0.2) is 0 Å². The summed E-state index contributed by atoms with van der Waals surface area (Å²) in [5, 5.41) is 5.97. The van der Waals surface area contributed by atoms with Crippen LogP contribution in [0.25, 0.3) is 11.1 Å². The lowest BCUT2D eigenvalue weighted by atomic mass is 10.0. The third kappa shape index (κ3) is 4.83. The molecule has 0 bridgehead atoms. The van der Waals surface area contributed by atoms with Gasteiger partial charge in [-0.05, 0) is 35.9 Å². The van der Waals surface area contributed by atoms with Gasteiger partial charge < -0.3 is 15.4 Å². The smallest absolute Gasteiger partial charge is 0.224 e. The van der Waals surface area contributed by atoms with Gasteiger partial charge in [0.05, 0.1) is 7.11 Å². The highest BCUT2D eigenvalue weighted by Crippen LogP contribution is 2.24. The fourth-order valence-corrected chi connectivity index (χ4v) is 2.38. The van der Waals surface area contributed by atoms with Gasteiger partial charge in [0.25, 0.3) is 0 Å². The van der Waals surface area contributed by atoms with E-state index >= 15 is 0 Å². The third-order valence-corrected chi connectivity index (χ3v) is 3.78. The van der Waals surface area contributed by atoms with E-state index in [4.69, 9.17) is 4.74 Å². The molecule has 0 heterocycles. The van der Waals surface area contributed by atoms with E-state index in [1.54, 1.807) is 7.11 Å². The molecule has 2 N–H and O–H groups in total. The first-order valence-electron chi connectivity index (χ1n) is 7.79. The number of amides is 1. The lowest BCUT2D eigenvalue weighted by molar-refractivity contribution is -0.124. The molecule has 1 unspecified atom stereocenters. The van der Waals surface area contributed by atoms with Crippen molar-refractivity contribution >= 4 is 5.91 Å². The number of nitrogens with one attached hydrogen (secondary N) is 2. The maximum absolute atomic E-state index is 11.9. The zero-order valence-corrected chi connectivity index (χ0v) is 13.9. The monoisotopic (exact) mass is 312 g/mol. The number of benzene rings is 2. The van der Waals surface area contributed by atoms with Crippen molar-refractivity contribution in [2.24, 2.45) is 5.92 Å². The molecule has 0 aliphatic rings. The van der Waals surface area contributed by atoms with Crippen LogP contribution in [-0.4, -0.2) is 26.6 Å². The minimum absolute atomic E-state index is 0.0314. The molecule has 0 saturated heterocycles. The number of carbonyl (C=O) groups is 1. The molecule has 0 aliphatic heterocycles.